The number of piperidine rings is 1. The van der Waals surface area contributed by atoms with Crippen LogP contribution in [0.15, 0.2) is 30.3 Å². The molecule has 1 aromatic rings. The van der Waals surface area contributed by atoms with Crippen LogP contribution in [-0.4, -0.2) is 35.7 Å². The van der Waals surface area contributed by atoms with E-state index in [0.29, 0.717) is 12.5 Å². The van der Waals surface area contributed by atoms with Crippen molar-refractivity contribution in [3.8, 4) is 0 Å². The fraction of sp³-hybridized carbons (Fsp3) is 0.533. The zero-order valence-corrected chi connectivity index (χ0v) is 11.2. The second-order valence-electron chi connectivity index (χ2n) is 5.23. The number of hydrogen-bond donors (Lipinski definition) is 2. The fourth-order valence-corrected chi connectivity index (χ4v) is 2.66. The predicted molar refractivity (Wildman–Crippen MR) is 75.1 cm³/mol. The van der Waals surface area contributed by atoms with Gasteiger partial charge in [0.15, 0.2) is 0 Å². The highest BCUT2D eigenvalue weighted by Gasteiger charge is 2.18. The molecule has 2 N–H and O–H groups in total. The van der Waals surface area contributed by atoms with Crippen LogP contribution in [-0.2, 0) is 6.54 Å². The average Bonchev–Trinajstić information content (AvgIpc) is 2.42. The maximum absolute atomic E-state index is 10.4. The van der Waals surface area contributed by atoms with Gasteiger partial charge in [-0.05, 0) is 43.8 Å². The van der Waals surface area contributed by atoms with Crippen LogP contribution in [0.4, 0.5) is 4.79 Å². The molecule has 0 radical (unpaired) electrons. The quantitative estimate of drug-likeness (QED) is 0.857. The second-order valence-corrected chi connectivity index (χ2v) is 5.23. The minimum absolute atomic E-state index is 0.582. The maximum Gasteiger partial charge on any atom is 0.404 e. The van der Waals surface area contributed by atoms with Crippen molar-refractivity contribution >= 4 is 6.09 Å². The van der Waals surface area contributed by atoms with Crippen molar-refractivity contribution in [3.63, 3.8) is 0 Å². The molecule has 0 atom stereocenters. The van der Waals surface area contributed by atoms with Gasteiger partial charge in [-0.25, -0.2) is 4.79 Å². The lowest BCUT2D eigenvalue weighted by molar-refractivity contribution is 0.168. The molecule has 1 heterocycles. The van der Waals surface area contributed by atoms with E-state index < -0.39 is 6.09 Å². The van der Waals surface area contributed by atoms with Crippen molar-refractivity contribution in [2.24, 2.45) is 5.92 Å². The molecule has 0 aliphatic carbocycles. The smallest absolute Gasteiger partial charge is 0.404 e. The fourth-order valence-electron chi connectivity index (χ4n) is 2.66. The largest absolute Gasteiger partial charge is 0.465 e. The van der Waals surface area contributed by atoms with E-state index in [1.54, 1.807) is 0 Å². The predicted octanol–water partition coefficient (Wildman–Crippen LogP) is 2.56. The molecule has 2 rings (SSSR count). The summed E-state index contributed by atoms with van der Waals surface area (Å²) in [6, 6.07) is 10.6. The Hall–Kier alpha value is -1.55. The van der Waals surface area contributed by atoms with E-state index in [4.69, 9.17) is 5.11 Å². The lowest BCUT2D eigenvalue weighted by Crippen LogP contribution is -2.34. The second kappa shape index (κ2) is 7.14. The van der Waals surface area contributed by atoms with Crippen LogP contribution in [0.5, 0.6) is 0 Å². The molecule has 104 valence electrons. The molecule has 19 heavy (non-hydrogen) atoms. The molecule has 0 aromatic heterocycles. The third-order valence-electron chi connectivity index (χ3n) is 3.78. The van der Waals surface area contributed by atoms with E-state index in [-0.39, 0.29) is 0 Å². The first kappa shape index (κ1) is 13.9. The van der Waals surface area contributed by atoms with E-state index >= 15 is 0 Å². The molecule has 1 fully saturated rings. The average molecular weight is 262 g/mol. The molecular weight excluding hydrogens is 240 g/mol. The highest BCUT2D eigenvalue weighted by atomic mass is 16.4. The Morgan fingerprint density at radius 1 is 1.26 bits per heavy atom. The van der Waals surface area contributed by atoms with Gasteiger partial charge in [-0.2, -0.15) is 0 Å². The van der Waals surface area contributed by atoms with Gasteiger partial charge in [0.05, 0.1) is 0 Å². The SMILES string of the molecule is O=C(O)NCCC1CCN(Cc2ccccc2)CC1. The number of rotatable bonds is 5. The number of carbonyl (C=O) groups is 1. The molecule has 1 aliphatic heterocycles. The van der Waals surface area contributed by atoms with Gasteiger partial charge in [0, 0.05) is 13.1 Å². The van der Waals surface area contributed by atoms with Gasteiger partial charge < -0.3 is 10.4 Å². The summed E-state index contributed by atoms with van der Waals surface area (Å²) < 4.78 is 0. The monoisotopic (exact) mass is 262 g/mol. The van der Waals surface area contributed by atoms with Crippen LogP contribution >= 0.6 is 0 Å². The van der Waals surface area contributed by atoms with Crippen molar-refractivity contribution in [1.29, 1.82) is 0 Å². The summed E-state index contributed by atoms with van der Waals surface area (Å²) in [6.45, 7) is 3.85. The molecule has 0 spiro atoms. The number of hydrogen-bond acceptors (Lipinski definition) is 2. The minimum atomic E-state index is -0.915. The zero-order valence-electron chi connectivity index (χ0n) is 11.2. The Bertz CT molecular complexity index is 386. The van der Waals surface area contributed by atoms with Crippen molar-refractivity contribution < 1.29 is 9.90 Å². The van der Waals surface area contributed by atoms with Gasteiger partial charge in [-0.3, -0.25) is 4.90 Å². The third-order valence-corrected chi connectivity index (χ3v) is 3.78. The summed E-state index contributed by atoms with van der Waals surface area (Å²) >= 11 is 0. The van der Waals surface area contributed by atoms with E-state index in [9.17, 15) is 4.79 Å². The van der Waals surface area contributed by atoms with E-state index in [0.717, 1.165) is 26.1 Å². The van der Waals surface area contributed by atoms with Crippen LogP contribution in [0, 0.1) is 5.92 Å². The first-order valence-electron chi connectivity index (χ1n) is 6.97. The summed E-state index contributed by atoms with van der Waals surface area (Å²) in [4.78, 5) is 12.9. The van der Waals surface area contributed by atoms with Crippen LogP contribution in [0.2, 0.25) is 0 Å². The van der Waals surface area contributed by atoms with Gasteiger partial charge in [0.2, 0.25) is 0 Å². The molecule has 0 saturated carbocycles. The summed E-state index contributed by atoms with van der Waals surface area (Å²) in [5.41, 5.74) is 1.37. The van der Waals surface area contributed by atoms with Gasteiger partial charge >= 0.3 is 6.09 Å². The Morgan fingerprint density at radius 2 is 1.95 bits per heavy atom. The van der Waals surface area contributed by atoms with E-state index in [1.165, 1.54) is 18.4 Å². The molecular formula is C15H22N2O2. The number of amides is 1. The van der Waals surface area contributed by atoms with E-state index in [1.807, 2.05) is 6.07 Å². The number of benzene rings is 1. The first-order valence-corrected chi connectivity index (χ1v) is 6.97. The molecule has 0 bridgehead atoms. The molecule has 1 aromatic carbocycles. The van der Waals surface area contributed by atoms with Crippen LogP contribution in [0.3, 0.4) is 0 Å². The van der Waals surface area contributed by atoms with Gasteiger partial charge in [-0.1, -0.05) is 30.3 Å². The lowest BCUT2D eigenvalue weighted by atomic mass is 9.93. The van der Waals surface area contributed by atoms with Crippen molar-refractivity contribution in [2.45, 2.75) is 25.8 Å². The molecule has 4 nitrogen and oxygen atoms in total. The molecule has 1 aliphatic rings. The van der Waals surface area contributed by atoms with Crippen molar-refractivity contribution in [2.75, 3.05) is 19.6 Å². The van der Waals surface area contributed by atoms with Crippen LogP contribution in [0.25, 0.3) is 0 Å². The summed E-state index contributed by atoms with van der Waals surface area (Å²) in [6.07, 6.45) is 2.40. The Balaban J connectivity index is 1.66. The van der Waals surface area contributed by atoms with Crippen LogP contribution in [0.1, 0.15) is 24.8 Å². The maximum atomic E-state index is 10.4. The van der Waals surface area contributed by atoms with Gasteiger partial charge in [-0.15, -0.1) is 0 Å². The summed E-state index contributed by atoms with van der Waals surface area (Å²) in [5, 5.41) is 11.0. The van der Waals surface area contributed by atoms with Crippen molar-refractivity contribution in [1.82, 2.24) is 10.2 Å². The lowest BCUT2D eigenvalue weighted by Gasteiger charge is -2.32. The summed E-state index contributed by atoms with van der Waals surface area (Å²) in [7, 11) is 0. The molecule has 1 amide bonds. The van der Waals surface area contributed by atoms with Crippen LogP contribution < -0.4 is 5.32 Å². The van der Waals surface area contributed by atoms with Crippen molar-refractivity contribution in [3.05, 3.63) is 35.9 Å². The highest BCUT2D eigenvalue weighted by Crippen LogP contribution is 2.21. The Labute approximate surface area is 114 Å². The zero-order chi connectivity index (χ0) is 13.5. The molecule has 4 heteroatoms. The van der Waals surface area contributed by atoms with E-state index in [2.05, 4.69) is 34.5 Å². The third kappa shape index (κ3) is 4.91. The molecule has 1 saturated heterocycles. The normalized spacial score (nSPS) is 17.3. The van der Waals surface area contributed by atoms with Gasteiger partial charge in [0.25, 0.3) is 0 Å². The minimum Gasteiger partial charge on any atom is -0.465 e. The Kier molecular flexibility index (Phi) is 5.21. The van der Waals surface area contributed by atoms with Gasteiger partial charge in [0.1, 0.15) is 0 Å². The Morgan fingerprint density at radius 3 is 2.58 bits per heavy atom. The molecule has 0 unspecified atom stereocenters. The number of likely N-dealkylation sites (tertiary alicyclic amines) is 1. The number of nitrogens with one attached hydrogen (secondary N) is 1. The number of nitrogens with zero attached hydrogens (tertiary/aromatic N) is 1. The standard InChI is InChI=1S/C15H22N2O2/c18-15(19)16-9-6-13-7-10-17(11-8-13)12-14-4-2-1-3-5-14/h1-5,13,16H,6-12H2,(H,18,19). The first-order chi connectivity index (χ1) is 9.24. The highest BCUT2D eigenvalue weighted by molar-refractivity contribution is 5.64. The number of carboxylic acid groups (broad SMARTS) is 1. The topological polar surface area (TPSA) is 52.6 Å². The summed E-state index contributed by atoms with van der Waals surface area (Å²) in [5.74, 6) is 0.666.